The van der Waals surface area contributed by atoms with Crippen molar-refractivity contribution in [1.82, 2.24) is 0 Å². The Hall–Kier alpha value is -0.120. The van der Waals surface area contributed by atoms with Gasteiger partial charge in [0.25, 0.3) is 0 Å². The Kier molecular flexibility index (Phi) is 20.3. The highest BCUT2D eigenvalue weighted by Crippen LogP contribution is 1.68. The van der Waals surface area contributed by atoms with Gasteiger partial charge in [-0.25, -0.2) is 0 Å². The van der Waals surface area contributed by atoms with Crippen molar-refractivity contribution in [2.75, 3.05) is 26.4 Å². The summed E-state index contributed by atoms with van der Waals surface area (Å²) in [6.07, 6.45) is 0. The number of aliphatic hydroxyl groups excluding tert-OH is 2. The van der Waals surface area contributed by atoms with E-state index in [9.17, 15) is 0 Å². The molecule has 0 fully saturated rings. The van der Waals surface area contributed by atoms with E-state index in [1.807, 2.05) is 13.8 Å². The zero-order chi connectivity index (χ0) is 7.54. The summed E-state index contributed by atoms with van der Waals surface area (Å²) in [5, 5.41) is 16.2. The average Bonchev–Trinajstić information content (AvgIpc) is 1.94. The van der Waals surface area contributed by atoms with Gasteiger partial charge in [0, 0.05) is 0 Å². The first-order valence-electron chi connectivity index (χ1n) is 3.21. The SMILES string of the molecule is CC.OCCOCCO. The molecule has 58 valence electrons. The molecule has 0 saturated heterocycles. The van der Waals surface area contributed by atoms with Crippen LogP contribution in [0.5, 0.6) is 0 Å². The molecule has 3 heteroatoms. The van der Waals surface area contributed by atoms with E-state index < -0.39 is 0 Å². The summed E-state index contributed by atoms with van der Waals surface area (Å²) in [6.45, 7) is 4.70. The summed E-state index contributed by atoms with van der Waals surface area (Å²) in [4.78, 5) is 0. The van der Waals surface area contributed by atoms with E-state index in [1.54, 1.807) is 0 Å². The predicted molar refractivity (Wildman–Crippen MR) is 36.3 cm³/mol. The quantitative estimate of drug-likeness (QED) is 0.535. The van der Waals surface area contributed by atoms with Crippen molar-refractivity contribution >= 4 is 0 Å². The van der Waals surface area contributed by atoms with Gasteiger partial charge in [0.1, 0.15) is 0 Å². The molecule has 0 aromatic heterocycles. The molecule has 2 N–H and O–H groups in total. The molecular weight excluding hydrogens is 120 g/mol. The molecule has 0 aromatic rings. The highest BCUT2D eigenvalue weighted by Gasteiger charge is 1.79. The van der Waals surface area contributed by atoms with Gasteiger partial charge < -0.3 is 14.9 Å². The molecule has 0 heterocycles. The Morgan fingerprint density at radius 1 is 1.00 bits per heavy atom. The van der Waals surface area contributed by atoms with Gasteiger partial charge >= 0.3 is 0 Å². The van der Waals surface area contributed by atoms with Crippen LogP contribution < -0.4 is 0 Å². The first-order valence-corrected chi connectivity index (χ1v) is 3.21. The van der Waals surface area contributed by atoms with Crippen LogP contribution in [0.3, 0.4) is 0 Å². The summed E-state index contributed by atoms with van der Waals surface area (Å²) < 4.78 is 4.63. The fraction of sp³-hybridized carbons (Fsp3) is 1.00. The van der Waals surface area contributed by atoms with Gasteiger partial charge in [0.05, 0.1) is 26.4 Å². The molecule has 0 aromatic carbocycles. The molecule has 0 unspecified atom stereocenters. The maximum absolute atomic E-state index is 8.09. The minimum absolute atomic E-state index is 0.0278. The van der Waals surface area contributed by atoms with Crippen LogP contribution in [0.4, 0.5) is 0 Å². The first-order chi connectivity index (χ1) is 4.41. The minimum Gasteiger partial charge on any atom is -0.394 e. The molecule has 9 heavy (non-hydrogen) atoms. The first kappa shape index (κ1) is 11.6. The molecule has 0 saturated carbocycles. The van der Waals surface area contributed by atoms with Crippen molar-refractivity contribution in [2.24, 2.45) is 0 Å². The fourth-order valence-corrected chi connectivity index (χ4v) is 0.231. The third-order valence-electron chi connectivity index (χ3n) is 0.471. The Balaban J connectivity index is 0. The molecule has 0 aliphatic carbocycles. The summed E-state index contributed by atoms with van der Waals surface area (Å²) in [6, 6.07) is 0. The van der Waals surface area contributed by atoms with Crippen LogP contribution in [-0.4, -0.2) is 36.6 Å². The largest absolute Gasteiger partial charge is 0.394 e. The van der Waals surface area contributed by atoms with E-state index in [4.69, 9.17) is 10.2 Å². The number of hydrogen-bond donors (Lipinski definition) is 2. The molecule has 0 spiro atoms. The minimum atomic E-state index is 0.0278. The molecule has 0 atom stereocenters. The topological polar surface area (TPSA) is 49.7 Å². The highest BCUT2D eigenvalue weighted by atomic mass is 16.5. The Labute approximate surface area is 56.3 Å². The van der Waals surface area contributed by atoms with Crippen molar-refractivity contribution in [3.05, 3.63) is 0 Å². The van der Waals surface area contributed by atoms with Crippen molar-refractivity contribution < 1.29 is 14.9 Å². The van der Waals surface area contributed by atoms with Crippen LogP contribution >= 0.6 is 0 Å². The Morgan fingerprint density at radius 2 is 1.33 bits per heavy atom. The van der Waals surface area contributed by atoms with Gasteiger partial charge in [-0.15, -0.1) is 0 Å². The van der Waals surface area contributed by atoms with Gasteiger partial charge in [0.2, 0.25) is 0 Å². The van der Waals surface area contributed by atoms with Crippen LogP contribution in [0.25, 0.3) is 0 Å². The smallest absolute Gasteiger partial charge is 0.0698 e. The Morgan fingerprint density at radius 3 is 1.56 bits per heavy atom. The van der Waals surface area contributed by atoms with Crippen LogP contribution in [-0.2, 0) is 4.74 Å². The molecule has 0 radical (unpaired) electrons. The number of rotatable bonds is 4. The van der Waals surface area contributed by atoms with E-state index in [0.717, 1.165) is 0 Å². The van der Waals surface area contributed by atoms with Crippen LogP contribution in [0.1, 0.15) is 13.8 Å². The third kappa shape index (κ3) is 18.1. The monoisotopic (exact) mass is 136 g/mol. The molecular formula is C6H16O3. The summed E-state index contributed by atoms with van der Waals surface area (Å²) >= 11 is 0. The Bertz CT molecular complexity index is 27.5. The number of hydrogen-bond acceptors (Lipinski definition) is 3. The molecule has 0 amide bonds. The normalized spacial score (nSPS) is 8.00. The lowest BCUT2D eigenvalue weighted by molar-refractivity contribution is 0.0650. The second-order valence-corrected chi connectivity index (χ2v) is 1.06. The van der Waals surface area contributed by atoms with E-state index in [2.05, 4.69) is 4.74 Å². The van der Waals surface area contributed by atoms with Crippen molar-refractivity contribution in [1.29, 1.82) is 0 Å². The average molecular weight is 136 g/mol. The van der Waals surface area contributed by atoms with E-state index in [-0.39, 0.29) is 13.2 Å². The second kappa shape index (κ2) is 15.7. The molecule has 0 aliphatic rings. The van der Waals surface area contributed by atoms with Gasteiger partial charge in [-0.2, -0.15) is 0 Å². The lowest BCUT2D eigenvalue weighted by Gasteiger charge is -1.94. The summed E-state index contributed by atoms with van der Waals surface area (Å²) in [5.74, 6) is 0. The van der Waals surface area contributed by atoms with Crippen molar-refractivity contribution in [2.45, 2.75) is 13.8 Å². The third-order valence-corrected chi connectivity index (χ3v) is 0.471. The zero-order valence-corrected chi connectivity index (χ0v) is 6.13. The number of aliphatic hydroxyl groups is 2. The second-order valence-electron chi connectivity index (χ2n) is 1.06. The summed E-state index contributed by atoms with van der Waals surface area (Å²) in [7, 11) is 0. The van der Waals surface area contributed by atoms with Gasteiger partial charge in [-0.3, -0.25) is 0 Å². The standard InChI is InChI=1S/C4H10O3.C2H6/c5-1-3-7-4-2-6;1-2/h5-6H,1-4H2;1-2H3. The van der Waals surface area contributed by atoms with Crippen LogP contribution in [0, 0.1) is 0 Å². The molecule has 0 bridgehead atoms. The van der Waals surface area contributed by atoms with Crippen LogP contribution in [0.2, 0.25) is 0 Å². The summed E-state index contributed by atoms with van der Waals surface area (Å²) in [5.41, 5.74) is 0. The van der Waals surface area contributed by atoms with Gasteiger partial charge in [-0.05, 0) is 0 Å². The number of ether oxygens (including phenoxy) is 1. The van der Waals surface area contributed by atoms with E-state index >= 15 is 0 Å². The maximum Gasteiger partial charge on any atom is 0.0698 e. The van der Waals surface area contributed by atoms with E-state index in [0.29, 0.717) is 13.2 Å². The lowest BCUT2D eigenvalue weighted by Crippen LogP contribution is -2.03. The maximum atomic E-state index is 8.09. The fourth-order valence-electron chi connectivity index (χ4n) is 0.231. The van der Waals surface area contributed by atoms with E-state index in [1.165, 1.54) is 0 Å². The zero-order valence-electron chi connectivity index (χ0n) is 6.13. The predicted octanol–water partition coefficient (Wildman–Crippen LogP) is 0.0138. The van der Waals surface area contributed by atoms with Crippen LogP contribution in [0.15, 0.2) is 0 Å². The van der Waals surface area contributed by atoms with Crippen molar-refractivity contribution in [3.8, 4) is 0 Å². The molecule has 3 nitrogen and oxygen atoms in total. The van der Waals surface area contributed by atoms with Gasteiger partial charge in [-0.1, -0.05) is 13.8 Å². The lowest BCUT2D eigenvalue weighted by atomic mass is 10.7. The molecule has 0 rings (SSSR count). The van der Waals surface area contributed by atoms with Crippen molar-refractivity contribution in [3.63, 3.8) is 0 Å². The molecule has 0 aliphatic heterocycles. The highest BCUT2D eigenvalue weighted by molar-refractivity contribution is 4.24. The van der Waals surface area contributed by atoms with Gasteiger partial charge in [0.15, 0.2) is 0 Å².